The molecule has 0 radical (unpaired) electrons. The normalized spacial score (nSPS) is 10.4. The molecule has 6 heteroatoms. The summed E-state index contributed by atoms with van der Waals surface area (Å²) >= 11 is 6.00. The van der Waals surface area contributed by atoms with Crippen molar-refractivity contribution in [3.05, 3.63) is 71.3 Å². The molecule has 0 N–H and O–H groups in total. The summed E-state index contributed by atoms with van der Waals surface area (Å²) in [4.78, 5) is 16.4. The van der Waals surface area contributed by atoms with Crippen LogP contribution in [0.3, 0.4) is 0 Å². The number of ketones is 1. The van der Waals surface area contributed by atoms with Gasteiger partial charge in [0.2, 0.25) is 5.78 Å². The van der Waals surface area contributed by atoms with Crippen LogP contribution < -0.4 is 0 Å². The Kier molecular flexibility index (Phi) is 3.26. The topological polar surface area (TPSA) is 60.7 Å². The summed E-state index contributed by atoms with van der Waals surface area (Å²) in [5, 5.41) is 8.06. The van der Waals surface area contributed by atoms with Crippen LogP contribution in [0.2, 0.25) is 5.02 Å². The van der Waals surface area contributed by atoms with E-state index in [2.05, 4.69) is 15.3 Å². The molecule has 0 saturated heterocycles. The van der Waals surface area contributed by atoms with Crippen molar-refractivity contribution in [2.75, 3.05) is 0 Å². The summed E-state index contributed by atoms with van der Waals surface area (Å²) in [5.41, 5.74) is 1.49. The number of benzene rings is 1. The van der Waals surface area contributed by atoms with Crippen LogP contribution in [0.25, 0.3) is 5.69 Å². The van der Waals surface area contributed by atoms with E-state index in [0.717, 1.165) is 5.69 Å². The van der Waals surface area contributed by atoms with E-state index < -0.39 is 0 Å². The maximum atomic E-state index is 12.5. The Labute approximate surface area is 119 Å². The van der Waals surface area contributed by atoms with Crippen molar-refractivity contribution in [2.24, 2.45) is 0 Å². The van der Waals surface area contributed by atoms with Crippen LogP contribution in [0.4, 0.5) is 0 Å². The van der Waals surface area contributed by atoms with Crippen molar-refractivity contribution in [3.63, 3.8) is 0 Å². The van der Waals surface area contributed by atoms with Gasteiger partial charge in [0.25, 0.3) is 0 Å². The fourth-order valence-electron chi connectivity index (χ4n) is 1.85. The summed E-state index contributed by atoms with van der Waals surface area (Å²) in [7, 11) is 0. The van der Waals surface area contributed by atoms with Gasteiger partial charge in [-0.3, -0.25) is 9.78 Å². The van der Waals surface area contributed by atoms with Crippen LogP contribution in [0.1, 0.15) is 16.1 Å². The molecule has 0 aliphatic carbocycles. The number of nitrogens with zero attached hydrogens (tertiary/aromatic N) is 4. The highest BCUT2D eigenvalue weighted by atomic mass is 35.5. The molecule has 1 aromatic carbocycles. The molecule has 0 aliphatic rings. The molecule has 0 atom stereocenters. The van der Waals surface area contributed by atoms with Crippen LogP contribution in [0.5, 0.6) is 0 Å². The van der Waals surface area contributed by atoms with Gasteiger partial charge in [0.15, 0.2) is 0 Å². The molecule has 20 heavy (non-hydrogen) atoms. The first-order chi connectivity index (χ1) is 9.77. The molecule has 0 aliphatic heterocycles. The SMILES string of the molecule is O=C(c1ccncc1Cl)c1cnnn1-c1ccccc1. The number of carbonyl (C=O) groups is 1. The molecule has 2 aromatic heterocycles. The fraction of sp³-hybridized carbons (Fsp3) is 0. The minimum Gasteiger partial charge on any atom is -0.287 e. The third-order valence-corrected chi connectivity index (χ3v) is 3.10. The zero-order valence-corrected chi connectivity index (χ0v) is 11.0. The largest absolute Gasteiger partial charge is 0.287 e. The Hall–Kier alpha value is -2.53. The van der Waals surface area contributed by atoms with Gasteiger partial charge in [-0.1, -0.05) is 35.0 Å². The molecule has 0 unspecified atom stereocenters. The van der Waals surface area contributed by atoms with Crippen molar-refractivity contribution in [3.8, 4) is 5.69 Å². The van der Waals surface area contributed by atoms with Gasteiger partial charge in [-0.15, -0.1) is 5.10 Å². The Bertz CT molecular complexity index is 755. The van der Waals surface area contributed by atoms with Crippen molar-refractivity contribution in [1.29, 1.82) is 0 Å². The first-order valence-corrected chi connectivity index (χ1v) is 6.25. The monoisotopic (exact) mass is 284 g/mol. The van der Waals surface area contributed by atoms with Gasteiger partial charge in [0.05, 0.1) is 16.9 Å². The maximum Gasteiger partial charge on any atom is 0.214 e. The first-order valence-electron chi connectivity index (χ1n) is 5.87. The number of rotatable bonds is 3. The van der Waals surface area contributed by atoms with Gasteiger partial charge in [0, 0.05) is 18.0 Å². The molecule has 3 rings (SSSR count). The number of aromatic nitrogens is 4. The lowest BCUT2D eigenvalue weighted by atomic mass is 10.1. The molecule has 0 amide bonds. The van der Waals surface area contributed by atoms with Crippen LogP contribution in [-0.2, 0) is 0 Å². The molecule has 5 nitrogen and oxygen atoms in total. The summed E-state index contributed by atoms with van der Waals surface area (Å²) < 4.78 is 1.49. The Morgan fingerprint density at radius 2 is 1.90 bits per heavy atom. The number of hydrogen-bond acceptors (Lipinski definition) is 4. The van der Waals surface area contributed by atoms with Crippen molar-refractivity contribution < 1.29 is 4.79 Å². The van der Waals surface area contributed by atoms with Gasteiger partial charge < -0.3 is 0 Å². The first kappa shape index (κ1) is 12.5. The number of carbonyl (C=O) groups excluding carboxylic acids is 1. The van der Waals surface area contributed by atoms with Crippen LogP contribution >= 0.6 is 11.6 Å². The number of pyridine rings is 1. The lowest BCUT2D eigenvalue weighted by Crippen LogP contribution is -2.10. The van der Waals surface area contributed by atoms with E-state index in [-0.39, 0.29) is 5.78 Å². The van der Waals surface area contributed by atoms with E-state index in [4.69, 9.17) is 11.6 Å². The van der Waals surface area contributed by atoms with E-state index in [1.54, 1.807) is 6.07 Å². The highest BCUT2D eigenvalue weighted by Gasteiger charge is 2.18. The Morgan fingerprint density at radius 1 is 1.10 bits per heavy atom. The van der Waals surface area contributed by atoms with Gasteiger partial charge >= 0.3 is 0 Å². The average Bonchev–Trinajstić information content (AvgIpc) is 2.97. The molecular weight excluding hydrogens is 276 g/mol. The van der Waals surface area contributed by atoms with E-state index in [9.17, 15) is 4.79 Å². The molecular formula is C14H9ClN4O. The zero-order chi connectivity index (χ0) is 13.9. The van der Waals surface area contributed by atoms with Crippen LogP contribution in [-0.4, -0.2) is 25.8 Å². The van der Waals surface area contributed by atoms with Gasteiger partial charge in [-0.2, -0.15) is 0 Å². The van der Waals surface area contributed by atoms with E-state index in [1.165, 1.54) is 23.3 Å². The molecule has 2 heterocycles. The fourth-order valence-corrected chi connectivity index (χ4v) is 2.05. The van der Waals surface area contributed by atoms with Gasteiger partial charge in [-0.25, -0.2) is 4.68 Å². The maximum absolute atomic E-state index is 12.5. The second kappa shape index (κ2) is 5.22. The average molecular weight is 285 g/mol. The minimum atomic E-state index is -0.244. The highest BCUT2D eigenvalue weighted by Crippen LogP contribution is 2.19. The van der Waals surface area contributed by atoms with Gasteiger partial charge in [0.1, 0.15) is 5.69 Å². The Morgan fingerprint density at radius 3 is 2.65 bits per heavy atom. The minimum absolute atomic E-state index is 0.244. The zero-order valence-electron chi connectivity index (χ0n) is 10.3. The summed E-state index contributed by atoms with van der Waals surface area (Å²) in [6, 6.07) is 10.9. The van der Waals surface area contributed by atoms with E-state index >= 15 is 0 Å². The third kappa shape index (κ3) is 2.19. The molecule has 0 spiro atoms. The predicted molar refractivity (Wildman–Crippen MR) is 74.0 cm³/mol. The summed E-state index contributed by atoms with van der Waals surface area (Å²) in [6.45, 7) is 0. The smallest absolute Gasteiger partial charge is 0.214 e. The lowest BCUT2D eigenvalue weighted by molar-refractivity contribution is 0.103. The number of para-hydroxylation sites is 1. The van der Waals surface area contributed by atoms with Crippen molar-refractivity contribution in [1.82, 2.24) is 20.0 Å². The van der Waals surface area contributed by atoms with Crippen LogP contribution in [0.15, 0.2) is 55.0 Å². The summed E-state index contributed by atoms with van der Waals surface area (Å²) in [6.07, 6.45) is 4.38. The number of hydrogen-bond donors (Lipinski definition) is 0. The second-order valence-corrected chi connectivity index (χ2v) is 4.46. The third-order valence-electron chi connectivity index (χ3n) is 2.80. The molecule has 0 saturated carbocycles. The predicted octanol–water partition coefficient (Wildman–Crippen LogP) is 2.55. The Balaban J connectivity index is 2.07. The van der Waals surface area contributed by atoms with E-state index in [1.807, 2.05) is 30.3 Å². The lowest BCUT2D eigenvalue weighted by Gasteiger charge is -2.06. The van der Waals surface area contributed by atoms with Crippen molar-refractivity contribution >= 4 is 17.4 Å². The second-order valence-electron chi connectivity index (χ2n) is 4.05. The summed E-state index contributed by atoms with van der Waals surface area (Å²) in [5.74, 6) is -0.244. The van der Waals surface area contributed by atoms with Crippen LogP contribution in [0, 0.1) is 0 Å². The molecule has 0 bridgehead atoms. The molecule has 98 valence electrons. The standard InChI is InChI=1S/C14H9ClN4O/c15-12-8-16-7-6-11(12)14(20)13-9-17-18-19(13)10-4-2-1-3-5-10/h1-9H. The number of halogens is 1. The highest BCUT2D eigenvalue weighted by molar-refractivity contribution is 6.34. The van der Waals surface area contributed by atoms with Crippen molar-refractivity contribution in [2.45, 2.75) is 0 Å². The molecule has 3 aromatic rings. The van der Waals surface area contributed by atoms with Gasteiger partial charge in [-0.05, 0) is 18.2 Å². The molecule has 0 fully saturated rings. The van der Waals surface area contributed by atoms with E-state index in [0.29, 0.717) is 16.3 Å². The quantitative estimate of drug-likeness (QED) is 0.694.